The molecule has 0 fully saturated rings. The summed E-state index contributed by atoms with van der Waals surface area (Å²) in [7, 11) is -1.28. The van der Waals surface area contributed by atoms with Gasteiger partial charge in [-0.05, 0) is 57.4 Å². The van der Waals surface area contributed by atoms with Gasteiger partial charge in [-0.1, -0.05) is 170 Å². The number of fused-ring (bicyclic) bond motifs is 3. The Kier molecular flexibility index (Phi) is 11.9. The molecule has 0 amide bonds. The standard InChI is InChI=1S/C32H24NO.C20H20NSi.Ir/c1-21-16-17-26(24-12-7-4-8-13-24)30-28-15-9-14-27(32(28)34-31(21)30)29-20-25(18-19-33-29)22(2)23-10-5-3-6-11-23;1-22(2,3)19-13-14-20(21-15-19)18-11-9-17(10-12-18)16-7-5-4-6-8-16;/h3-13,15-20,22H,1-2H3;4-11,13-15H,1-3H3;/q2*-1;. The molecule has 0 spiro atoms. The molecule has 0 saturated heterocycles. The summed E-state index contributed by atoms with van der Waals surface area (Å²) in [5.41, 5.74) is 13.9. The molecule has 0 aliphatic rings. The van der Waals surface area contributed by atoms with Crippen LogP contribution in [0.1, 0.15) is 29.5 Å². The Labute approximate surface area is 350 Å². The molecule has 283 valence electrons. The van der Waals surface area contributed by atoms with Crippen molar-refractivity contribution in [2.75, 3.05) is 0 Å². The molecule has 0 bridgehead atoms. The third-order valence-corrected chi connectivity index (χ3v) is 12.6. The van der Waals surface area contributed by atoms with Gasteiger partial charge >= 0.3 is 0 Å². The van der Waals surface area contributed by atoms with Gasteiger partial charge < -0.3 is 14.4 Å². The van der Waals surface area contributed by atoms with E-state index in [1.807, 2.05) is 36.7 Å². The molecule has 3 nitrogen and oxygen atoms in total. The van der Waals surface area contributed by atoms with Crippen LogP contribution in [0.4, 0.5) is 0 Å². The van der Waals surface area contributed by atoms with E-state index in [4.69, 9.17) is 9.40 Å². The maximum atomic E-state index is 6.54. The number of pyridine rings is 2. The van der Waals surface area contributed by atoms with Crippen LogP contribution in [0.15, 0.2) is 175 Å². The van der Waals surface area contributed by atoms with E-state index in [0.29, 0.717) is 0 Å². The first-order valence-corrected chi connectivity index (χ1v) is 22.7. The number of rotatable bonds is 7. The van der Waals surface area contributed by atoms with E-state index >= 15 is 0 Å². The third kappa shape index (κ3) is 8.52. The van der Waals surface area contributed by atoms with Crippen LogP contribution in [-0.4, -0.2) is 18.0 Å². The Morgan fingerprint density at radius 3 is 1.96 bits per heavy atom. The minimum Gasteiger partial charge on any atom is -0.500 e. The molecule has 0 saturated carbocycles. The quantitative estimate of drug-likeness (QED) is 0.118. The summed E-state index contributed by atoms with van der Waals surface area (Å²) in [6.07, 6.45) is 3.92. The number of benzene rings is 6. The second-order valence-corrected chi connectivity index (χ2v) is 20.4. The normalized spacial score (nSPS) is 11.7. The molecule has 57 heavy (non-hydrogen) atoms. The zero-order valence-corrected chi connectivity index (χ0v) is 36.3. The molecule has 9 aromatic rings. The van der Waals surface area contributed by atoms with Gasteiger partial charge in [-0.2, -0.15) is 0 Å². The predicted octanol–water partition coefficient (Wildman–Crippen LogP) is 13.3. The summed E-state index contributed by atoms with van der Waals surface area (Å²) in [5.74, 6) is 0.268. The van der Waals surface area contributed by atoms with Crippen LogP contribution < -0.4 is 5.19 Å². The minimum atomic E-state index is -1.28. The summed E-state index contributed by atoms with van der Waals surface area (Å²) in [6, 6.07) is 61.5. The summed E-state index contributed by atoms with van der Waals surface area (Å²) >= 11 is 0. The van der Waals surface area contributed by atoms with Gasteiger partial charge in [0.25, 0.3) is 0 Å². The number of hydrogen-bond acceptors (Lipinski definition) is 3. The Morgan fingerprint density at radius 1 is 0.614 bits per heavy atom. The van der Waals surface area contributed by atoms with Crippen molar-refractivity contribution in [3.8, 4) is 44.8 Å². The molecule has 3 aromatic heterocycles. The van der Waals surface area contributed by atoms with Gasteiger partial charge in [0, 0.05) is 43.8 Å². The van der Waals surface area contributed by atoms with Crippen molar-refractivity contribution in [1.82, 2.24) is 9.97 Å². The number of aryl methyl sites for hydroxylation is 1. The van der Waals surface area contributed by atoms with Crippen molar-refractivity contribution in [2.45, 2.75) is 39.4 Å². The van der Waals surface area contributed by atoms with Crippen LogP contribution in [0, 0.1) is 19.1 Å². The molecular weight excluding hydrogens is 889 g/mol. The van der Waals surface area contributed by atoms with Crippen LogP contribution in [0.5, 0.6) is 0 Å². The SMILES string of the molecule is C[Si](C)(C)c1ccc(-c2[c-]cc(-c3ccccc3)cc2)nc1.Cc1ccc(-c2ccccc2)c2c1oc1c(-c3cc(C(C)c4ccccc4)ccn3)[c-]ccc12.[Ir]. The first kappa shape index (κ1) is 39.5. The molecule has 6 aromatic carbocycles. The Morgan fingerprint density at radius 2 is 1.32 bits per heavy atom. The number of furan rings is 1. The molecule has 1 radical (unpaired) electrons. The fourth-order valence-corrected chi connectivity index (χ4v) is 8.24. The second-order valence-electron chi connectivity index (χ2n) is 15.3. The summed E-state index contributed by atoms with van der Waals surface area (Å²) in [6.45, 7) is 11.3. The molecule has 9 rings (SSSR count). The van der Waals surface area contributed by atoms with Crippen molar-refractivity contribution in [2.24, 2.45) is 0 Å². The maximum Gasteiger partial charge on any atom is 0.124 e. The van der Waals surface area contributed by atoms with E-state index in [1.54, 1.807) is 0 Å². The average molecular weight is 933 g/mol. The molecule has 0 aliphatic carbocycles. The van der Waals surface area contributed by atoms with Crippen LogP contribution in [-0.2, 0) is 20.1 Å². The molecule has 0 N–H and O–H groups in total. The Balaban J connectivity index is 0.000000188. The molecule has 5 heteroatoms. The minimum absolute atomic E-state index is 0. The van der Waals surface area contributed by atoms with Crippen molar-refractivity contribution < 1.29 is 24.5 Å². The van der Waals surface area contributed by atoms with Crippen molar-refractivity contribution in [3.05, 3.63) is 199 Å². The number of nitrogens with zero attached hydrogens (tertiary/aromatic N) is 2. The summed E-state index contributed by atoms with van der Waals surface area (Å²) in [5, 5.41) is 3.62. The van der Waals surface area contributed by atoms with Crippen LogP contribution in [0.25, 0.3) is 66.7 Å². The van der Waals surface area contributed by atoms with E-state index < -0.39 is 8.07 Å². The zero-order chi connectivity index (χ0) is 38.6. The van der Waals surface area contributed by atoms with Crippen LogP contribution in [0.2, 0.25) is 19.6 Å². The van der Waals surface area contributed by atoms with Crippen molar-refractivity contribution in [1.29, 1.82) is 0 Å². The van der Waals surface area contributed by atoms with Gasteiger partial charge in [0.2, 0.25) is 0 Å². The number of hydrogen-bond donors (Lipinski definition) is 0. The maximum absolute atomic E-state index is 6.54. The largest absolute Gasteiger partial charge is 0.500 e. The van der Waals surface area contributed by atoms with E-state index in [2.05, 4.69) is 184 Å². The topological polar surface area (TPSA) is 38.9 Å². The molecule has 1 unspecified atom stereocenters. The first-order chi connectivity index (χ1) is 27.2. The van der Waals surface area contributed by atoms with Gasteiger partial charge in [0.05, 0.1) is 13.7 Å². The molecule has 3 heterocycles. The van der Waals surface area contributed by atoms with E-state index in [9.17, 15) is 0 Å². The average Bonchev–Trinajstić information content (AvgIpc) is 3.66. The summed E-state index contributed by atoms with van der Waals surface area (Å²) < 4.78 is 6.54. The van der Waals surface area contributed by atoms with Crippen LogP contribution in [0.3, 0.4) is 0 Å². The van der Waals surface area contributed by atoms with Gasteiger partial charge in [-0.15, -0.1) is 48.0 Å². The van der Waals surface area contributed by atoms with Gasteiger partial charge in [-0.3, -0.25) is 0 Å². The smallest absolute Gasteiger partial charge is 0.124 e. The van der Waals surface area contributed by atoms with Crippen molar-refractivity contribution in [3.63, 3.8) is 0 Å². The zero-order valence-electron chi connectivity index (χ0n) is 32.9. The fourth-order valence-electron chi connectivity index (χ4n) is 7.20. The first-order valence-electron chi connectivity index (χ1n) is 19.2. The summed E-state index contributed by atoms with van der Waals surface area (Å²) in [4.78, 5) is 9.34. The monoisotopic (exact) mass is 933 g/mol. The molecule has 1 atom stereocenters. The number of aromatic nitrogens is 2. The van der Waals surface area contributed by atoms with Crippen LogP contribution >= 0.6 is 0 Å². The fraction of sp³-hybridized carbons (Fsp3) is 0.115. The second kappa shape index (κ2) is 17.2. The van der Waals surface area contributed by atoms with Crippen molar-refractivity contribution >= 4 is 35.2 Å². The van der Waals surface area contributed by atoms with Gasteiger partial charge in [0.15, 0.2) is 0 Å². The Bertz CT molecular complexity index is 2720. The molecular formula is C52H44IrN2OSi-2. The third-order valence-electron chi connectivity index (χ3n) is 10.5. The van der Waals surface area contributed by atoms with E-state index in [-0.39, 0.29) is 26.0 Å². The predicted molar refractivity (Wildman–Crippen MR) is 237 cm³/mol. The molecule has 0 aliphatic heterocycles. The van der Waals surface area contributed by atoms with E-state index in [0.717, 1.165) is 50.0 Å². The van der Waals surface area contributed by atoms with Gasteiger partial charge in [0.1, 0.15) is 5.58 Å². The van der Waals surface area contributed by atoms with E-state index in [1.165, 1.54) is 38.6 Å². The Hall–Kier alpha value is -5.71. The van der Waals surface area contributed by atoms with Gasteiger partial charge in [-0.25, -0.2) is 0 Å².